The van der Waals surface area contributed by atoms with Gasteiger partial charge in [0.05, 0.1) is 16.5 Å². The minimum Gasteiger partial charge on any atom is -0.457 e. The number of carbonyl (C=O) groups excluding carboxylic acids is 2. The zero-order chi connectivity index (χ0) is 20.5. The molecule has 1 aromatic heterocycles. The Balaban J connectivity index is 1.57. The highest BCUT2D eigenvalue weighted by atomic mass is 35.5. The zero-order valence-corrected chi connectivity index (χ0v) is 17.8. The van der Waals surface area contributed by atoms with Gasteiger partial charge in [-0.05, 0) is 53.7 Å². The predicted molar refractivity (Wildman–Crippen MR) is 117 cm³/mol. The Bertz CT molecular complexity index is 1160. The van der Waals surface area contributed by atoms with Crippen molar-refractivity contribution in [1.29, 1.82) is 0 Å². The third kappa shape index (κ3) is 4.23. The molecule has 1 fully saturated rings. The number of furan rings is 1. The van der Waals surface area contributed by atoms with Crippen LogP contribution in [0.5, 0.6) is 0 Å². The maximum Gasteiger partial charge on any atom is 0.293 e. The summed E-state index contributed by atoms with van der Waals surface area (Å²) in [6.07, 6.45) is 1.54. The first kappa shape index (κ1) is 20.1. The van der Waals surface area contributed by atoms with Gasteiger partial charge in [0.1, 0.15) is 11.5 Å². The van der Waals surface area contributed by atoms with E-state index in [4.69, 9.17) is 39.2 Å². The van der Waals surface area contributed by atoms with Gasteiger partial charge in [-0.3, -0.25) is 14.5 Å². The average Bonchev–Trinajstić information content (AvgIpc) is 3.25. The SMILES string of the molecule is O=C1S/C(=C\c2ccc(-c3cc(Cl)ccc3Cl)o2)C(=O)N1Cc1ccccc1Cl. The number of hydrogen-bond donors (Lipinski definition) is 0. The Morgan fingerprint density at radius 3 is 2.55 bits per heavy atom. The molecule has 0 saturated carbocycles. The summed E-state index contributed by atoms with van der Waals surface area (Å²) in [6, 6.07) is 15.6. The predicted octanol–water partition coefficient (Wildman–Crippen LogP) is 7.14. The molecule has 3 aromatic rings. The van der Waals surface area contributed by atoms with Gasteiger partial charge in [-0.25, -0.2) is 0 Å². The number of amides is 2. The fraction of sp³-hybridized carbons (Fsp3) is 0.0476. The molecule has 0 spiro atoms. The van der Waals surface area contributed by atoms with Crippen molar-refractivity contribution in [3.8, 4) is 11.3 Å². The Morgan fingerprint density at radius 2 is 1.76 bits per heavy atom. The zero-order valence-electron chi connectivity index (χ0n) is 14.7. The monoisotopic (exact) mass is 463 g/mol. The van der Waals surface area contributed by atoms with E-state index < -0.39 is 5.91 Å². The number of imide groups is 1. The second-order valence-corrected chi connectivity index (χ2v) is 8.43. The van der Waals surface area contributed by atoms with E-state index in [9.17, 15) is 9.59 Å². The van der Waals surface area contributed by atoms with Crippen LogP contribution in [0.2, 0.25) is 15.1 Å². The standard InChI is InChI=1S/C21H12Cl3NO3S/c22-13-5-7-17(24)15(9-13)18-8-6-14(28-18)10-19-20(26)25(21(27)29-19)11-12-3-1-2-4-16(12)23/h1-10H,11H2/b19-10-. The first-order valence-corrected chi connectivity index (χ1v) is 10.4. The van der Waals surface area contributed by atoms with Gasteiger partial charge in [-0.15, -0.1) is 0 Å². The quantitative estimate of drug-likeness (QED) is 0.385. The molecule has 1 aliphatic heterocycles. The summed E-state index contributed by atoms with van der Waals surface area (Å²) in [6.45, 7) is 0.114. The number of benzene rings is 2. The van der Waals surface area contributed by atoms with Gasteiger partial charge in [0.25, 0.3) is 11.1 Å². The van der Waals surface area contributed by atoms with Crippen LogP contribution in [0.4, 0.5) is 4.79 Å². The second kappa shape index (κ2) is 8.28. The van der Waals surface area contributed by atoms with Gasteiger partial charge in [0, 0.05) is 21.7 Å². The van der Waals surface area contributed by atoms with Crippen molar-refractivity contribution in [2.45, 2.75) is 6.54 Å². The van der Waals surface area contributed by atoms with Crippen LogP contribution in [-0.4, -0.2) is 16.0 Å². The molecule has 4 nitrogen and oxygen atoms in total. The third-order valence-electron chi connectivity index (χ3n) is 4.25. The van der Waals surface area contributed by atoms with Crippen molar-refractivity contribution in [2.24, 2.45) is 0 Å². The lowest BCUT2D eigenvalue weighted by molar-refractivity contribution is -0.123. The molecule has 29 heavy (non-hydrogen) atoms. The molecule has 0 unspecified atom stereocenters. The van der Waals surface area contributed by atoms with Crippen LogP contribution in [0.15, 0.2) is 63.9 Å². The molecule has 2 heterocycles. The smallest absolute Gasteiger partial charge is 0.293 e. The van der Waals surface area contributed by atoms with Gasteiger partial charge in [-0.1, -0.05) is 53.0 Å². The highest BCUT2D eigenvalue weighted by molar-refractivity contribution is 8.18. The normalized spacial score (nSPS) is 15.6. The lowest BCUT2D eigenvalue weighted by Crippen LogP contribution is -2.27. The van der Waals surface area contributed by atoms with Crippen molar-refractivity contribution >= 4 is 63.8 Å². The molecule has 0 bridgehead atoms. The molecule has 0 atom stereocenters. The molecule has 1 saturated heterocycles. The molecule has 0 N–H and O–H groups in total. The van der Waals surface area contributed by atoms with Crippen LogP contribution in [0.1, 0.15) is 11.3 Å². The number of halogens is 3. The van der Waals surface area contributed by atoms with Gasteiger partial charge in [0.15, 0.2) is 0 Å². The van der Waals surface area contributed by atoms with Crippen molar-refractivity contribution in [3.63, 3.8) is 0 Å². The minimum atomic E-state index is -0.390. The molecule has 2 aromatic carbocycles. The molecule has 0 aliphatic carbocycles. The summed E-state index contributed by atoms with van der Waals surface area (Å²) in [5, 5.41) is 1.17. The molecule has 2 amide bonds. The van der Waals surface area contributed by atoms with Gasteiger partial charge in [0.2, 0.25) is 0 Å². The molecule has 1 aliphatic rings. The molecular weight excluding hydrogens is 453 g/mol. The van der Waals surface area contributed by atoms with E-state index in [1.165, 1.54) is 0 Å². The average molecular weight is 465 g/mol. The van der Waals surface area contributed by atoms with Crippen LogP contribution in [0.25, 0.3) is 17.4 Å². The molecule has 4 rings (SSSR count). The first-order valence-electron chi connectivity index (χ1n) is 8.46. The molecule has 0 radical (unpaired) electrons. The van der Waals surface area contributed by atoms with Crippen molar-refractivity contribution in [1.82, 2.24) is 4.90 Å². The number of carbonyl (C=O) groups is 2. The summed E-state index contributed by atoms with van der Waals surface area (Å²) in [4.78, 5) is 26.5. The van der Waals surface area contributed by atoms with E-state index in [0.717, 1.165) is 16.7 Å². The van der Waals surface area contributed by atoms with Crippen LogP contribution >= 0.6 is 46.6 Å². The number of nitrogens with zero attached hydrogens (tertiary/aromatic N) is 1. The van der Waals surface area contributed by atoms with Crippen molar-refractivity contribution in [2.75, 3.05) is 0 Å². The lowest BCUT2D eigenvalue weighted by Gasteiger charge is -2.13. The van der Waals surface area contributed by atoms with Crippen LogP contribution in [0, 0.1) is 0 Å². The van der Waals surface area contributed by atoms with E-state index in [0.29, 0.717) is 37.7 Å². The summed E-state index contributed by atoms with van der Waals surface area (Å²) in [7, 11) is 0. The highest BCUT2D eigenvalue weighted by Gasteiger charge is 2.35. The second-order valence-electron chi connectivity index (χ2n) is 6.19. The molecular formula is C21H12Cl3NO3S. The minimum absolute atomic E-state index is 0.114. The highest BCUT2D eigenvalue weighted by Crippen LogP contribution is 2.36. The van der Waals surface area contributed by atoms with E-state index in [1.54, 1.807) is 54.6 Å². The fourth-order valence-electron chi connectivity index (χ4n) is 2.82. The summed E-state index contributed by atoms with van der Waals surface area (Å²) in [5.74, 6) is 0.553. The van der Waals surface area contributed by atoms with Gasteiger partial charge in [-0.2, -0.15) is 0 Å². The Morgan fingerprint density at radius 1 is 0.966 bits per heavy atom. The molecule has 146 valence electrons. The Hall–Kier alpha value is -2.18. The number of thioether (sulfide) groups is 1. The van der Waals surface area contributed by atoms with Crippen molar-refractivity contribution in [3.05, 3.63) is 85.9 Å². The fourth-order valence-corrected chi connectivity index (χ4v) is 4.22. The van der Waals surface area contributed by atoms with Crippen LogP contribution in [0.3, 0.4) is 0 Å². The van der Waals surface area contributed by atoms with Gasteiger partial charge >= 0.3 is 0 Å². The van der Waals surface area contributed by atoms with Crippen LogP contribution in [-0.2, 0) is 11.3 Å². The van der Waals surface area contributed by atoms with Gasteiger partial charge < -0.3 is 4.42 Å². The summed E-state index contributed by atoms with van der Waals surface area (Å²) >= 11 is 19.2. The third-order valence-corrected chi connectivity index (χ3v) is 6.09. The van der Waals surface area contributed by atoms with Crippen LogP contribution < -0.4 is 0 Å². The number of rotatable bonds is 4. The maximum absolute atomic E-state index is 12.7. The largest absolute Gasteiger partial charge is 0.457 e. The number of hydrogen-bond acceptors (Lipinski definition) is 4. The summed E-state index contributed by atoms with van der Waals surface area (Å²) < 4.78 is 5.79. The van der Waals surface area contributed by atoms with E-state index >= 15 is 0 Å². The van der Waals surface area contributed by atoms with E-state index in [1.807, 2.05) is 6.07 Å². The van der Waals surface area contributed by atoms with Crippen molar-refractivity contribution < 1.29 is 14.0 Å². The van der Waals surface area contributed by atoms with E-state index in [2.05, 4.69) is 0 Å². The van der Waals surface area contributed by atoms with E-state index in [-0.39, 0.29) is 16.7 Å². The molecule has 8 heteroatoms. The maximum atomic E-state index is 12.7. The Kier molecular flexibility index (Phi) is 5.74. The topological polar surface area (TPSA) is 50.5 Å². The Labute approximate surface area is 186 Å². The summed E-state index contributed by atoms with van der Waals surface area (Å²) in [5.41, 5.74) is 1.35. The lowest BCUT2D eigenvalue weighted by atomic mass is 10.2. The first-order chi connectivity index (χ1) is 13.9.